The Morgan fingerprint density at radius 2 is 1.79 bits per heavy atom. The van der Waals surface area contributed by atoms with Crippen molar-refractivity contribution in [2.24, 2.45) is 0 Å². The summed E-state index contributed by atoms with van der Waals surface area (Å²) in [5.41, 5.74) is 3.00. The van der Waals surface area contributed by atoms with Gasteiger partial charge in [0.05, 0.1) is 0 Å². The highest BCUT2D eigenvalue weighted by Crippen LogP contribution is 2.20. The summed E-state index contributed by atoms with van der Waals surface area (Å²) < 4.78 is 5.78. The van der Waals surface area contributed by atoms with E-state index in [0.717, 1.165) is 16.7 Å². The lowest BCUT2D eigenvalue weighted by molar-refractivity contribution is -0.142. The Bertz CT molecular complexity index is 837. The molecule has 6 heteroatoms. The first-order chi connectivity index (χ1) is 13.8. The molecule has 0 aliphatic carbocycles. The Balaban J connectivity index is 2.20. The Kier molecular flexibility index (Phi) is 8.52. The fraction of sp³-hybridized carbons (Fsp3) is 0.391. The van der Waals surface area contributed by atoms with Gasteiger partial charge in [-0.2, -0.15) is 0 Å². The van der Waals surface area contributed by atoms with Crippen molar-refractivity contribution in [3.05, 3.63) is 64.2 Å². The van der Waals surface area contributed by atoms with E-state index >= 15 is 0 Å². The van der Waals surface area contributed by atoms with Crippen molar-refractivity contribution in [1.82, 2.24) is 10.2 Å². The SMILES string of the molecule is CCNC(=O)[C@@H](CC)N(Cc1ccc(Cl)cc1)C(=O)COc1ccc(C)cc1C. The van der Waals surface area contributed by atoms with E-state index in [1.165, 1.54) is 0 Å². The average Bonchev–Trinajstić information content (AvgIpc) is 2.68. The maximum atomic E-state index is 13.1. The molecule has 0 saturated carbocycles. The van der Waals surface area contributed by atoms with Gasteiger partial charge in [0, 0.05) is 18.1 Å². The van der Waals surface area contributed by atoms with E-state index in [-0.39, 0.29) is 18.4 Å². The first-order valence-electron chi connectivity index (χ1n) is 9.87. The van der Waals surface area contributed by atoms with Gasteiger partial charge in [-0.3, -0.25) is 9.59 Å². The molecule has 0 aromatic heterocycles. The Hall–Kier alpha value is -2.53. The summed E-state index contributed by atoms with van der Waals surface area (Å²) in [5.74, 6) is 0.267. The normalized spacial score (nSPS) is 11.6. The van der Waals surface area contributed by atoms with Crippen LogP contribution in [-0.4, -0.2) is 35.9 Å². The van der Waals surface area contributed by atoms with Crippen molar-refractivity contribution >= 4 is 23.4 Å². The van der Waals surface area contributed by atoms with Crippen LogP contribution in [0.5, 0.6) is 5.75 Å². The van der Waals surface area contributed by atoms with Gasteiger partial charge in [-0.25, -0.2) is 0 Å². The lowest BCUT2D eigenvalue weighted by atomic mass is 10.1. The molecule has 1 atom stereocenters. The predicted molar refractivity (Wildman–Crippen MR) is 116 cm³/mol. The average molecular weight is 417 g/mol. The maximum Gasteiger partial charge on any atom is 0.261 e. The molecule has 0 aliphatic heterocycles. The van der Waals surface area contributed by atoms with Gasteiger partial charge in [-0.15, -0.1) is 0 Å². The zero-order valence-electron chi connectivity index (χ0n) is 17.5. The molecule has 0 spiro atoms. The number of hydrogen-bond acceptors (Lipinski definition) is 3. The molecule has 1 N–H and O–H groups in total. The molecule has 0 fully saturated rings. The molecule has 29 heavy (non-hydrogen) atoms. The Morgan fingerprint density at radius 1 is 1.10 bits per heavy atom. The lowest BCUT2D eigenvalue weighted by Gasteiger charge is -2.30. The van der Waals surface area contributed by atoms with Crippen LogP contribution in [0.15, 0.2) is 42.5 Å². The number of amides is 2. The molecule has 0 unspecified atom stereocenters. The number of nitrogens with one attached hydrogen (secondary N) is 1. The Labute approximate surface area is 178 Å². The molecule has 156 valence electrons. The van der Waals surface area contributed by atoms with Crippen LogP contribution in [0.25, 0.3) is 0 Å². The van der Waals surface area contributed by atoms with Gasteiger partial charge in [0.25, 0.3) is 5.91 Å². The molecule has 0 heterocycles. The summed E-state index contributed by atoms with van der Waals surface area (Å²) >= 11 is 5.97. The van der Waals surface area contributed by atoms with Crippen LogP contribution >= 0.6 is 11.6 Å². The zero-order chi connectivity index (χ0) is 21.4. The van der Waals surface area contributed by atoms with E-state index in [4.69, 9.17) is 16.3 Å². The number of benzene rings is 2. The number of likely N-dealkylation sites (N-methyl/N-ethyl adjacent to an activating group) is 1. The number of hydrogen-bond donors (Lipinski definition) is 1. The van der Waals surface area contributed by atoms with Gasteiger partial charge < -0.3 is 15.0 Å². The fourth-order valence-electron chi connectivity index (χ4n) is 3.18. The van der Waals surface area contributed by atoms with Crippen molar-refractivity contribution in [3.8, 4) is 5.75 Å². The van der Waals surface area contributed by atoms with E-state index in [2.05, 4.69) is 5.32 Å². The van der Waals surface area contributed by atoms with Crippen molar-refractivity contribution in [3.63, 3.8) is 0 Å². The lowest BCUT2D eigenvalue weighted by Crippen LogP contribution is -2.50. The van der Waals surface area contributed by atoms with E-state index in [0.29, 0.717) is 30.3 Å². The molecule has 0 saturated heterocycles. The molecule has 2 aromatic carbocycles. The van der Waals surface area contributed by atoms with Crippen LogP contribution in [0.2, 0.25) is 5.02 Å². The number of nitrogens with zero attached hydrogens (tertiary/aromatic N) is 1. The second-order valence-electron chi connectivity index (χ2n) is 7.02. The third-order valence-corrected chi connectivity index (χ3v) is 4.94. The number of carbonyl (C=O) groups is 2. The van der Waals surface area contributed by atoms with Gasteiger partial charge in [-0.1, -0.05) is 48.4 Å². The smallest absolute Gasteiger partial charge is 0.261 e. The summed E-state index contributed by atoms with van der Waals surface area (Å²) in [7, 11) is 0. The van der Waals surface area contributed by atoms with Crippen molar-refractivity contribution in [2.75, 3.05) is 13.2 Å². The van der Waals surface area contributed by atoms with Crippen LogP contribution in [0, 0.1) is 13.8 Å². The molecule has 5 nitrogen and oxygen atoms in total. The predicted octanol–water partition coefficient (Wildman–Crippen LogP) is 4.28. The molecule has 2 aromatic rings. The van der Waals surface area contributed by atoms with Gasteiger partial charge in [0.15, 0.2) is 6.61 Å². The monoisotopic (exact) mass is 416 g/mol. The van der Waals surface area contributed by atoms with Crippen LogP contribution in [0.4, 0.5) is 0 Å². The minimum absolute atomic E-state index is 0.132. The van der Waals surface area contributed by atoms with E-state index in [1.54, 1.807) is 17.0 Å². The van der Waals surface area contributed by atoms with Gasteiger partial charge in [0.2, 0.25) is 5.91 Å². The maximum absolute atomic E-state index is 13.1. The summed E-state index contributed by atoms with van der Waals surface area (Å²) in [6, 6.07) is 12.5. The minimum atomic E-state index is -0.569. The van der Waals surface area contributed by atoms with E-state index in [9.17, 15) is 9.59 Å². The third-order valence-electron chi connectivity index (χ3n) is 4.68. The first kappa shape index (κ1) is 22.8. The number of halogens is 1. The molecule has 2 rings (SSSR count). The van der Waals surface area contributed by atoms with Gasteiger partial charge >= 0.3 is 0 Å². The summed E-state index contributed by atoms with van der Waals surface area (Å²) in [5, 5.41) is 3.45. The zero-order valence-corrected chi connectivity index (χ0v) is 18.3. The van der Waals surface area contributed by atoms with Crippen molar-refractivity contribution in [1.29, 1.82) is 0 Å². The minimum Gasteiger partial charge on any atom is -0.483 e. The van der Waals surface area contributed by atoms with Gasteiger partial charge in [-0.05, 0) is 56.5 Å². The number of ether oxygens (including phenoxy) is 1. The van der Waals surface area contributed by atoms with Gasteiger partial charge in [0.1, 0.15) is 11.8 Å². The molecule has 0 aliphatic rings. The summed E-state index contributed by atoms with van der Waals surface area (Å²) in [4.78, 5) is 27.2. The number of aryl methyl sites for hydroxylation is 2. The van der Waals surface area contributed by atoms with Crippen LogP contribution in [0.3, 0.4) is 0 Å². The van der Waals surface area contributed by atoms with E-state index < -0.39 is 6.04 Å². The van der Waals surface area contributed by atoms with Crippen molar-refractivity contribution in [2.45, 2.75) is 46.7 Å². The highest BCUT2D eigenvalue weighted by molar-refractivity contribution is 6.30. The highest BCUT2D eigenvalue weighted by Gasteiger charge is 2.28. The largest absolute Gasteiger partial charge is 0.483 e. The molecule has 0 radical (unpaired) electrons. The molecule has 0 bridgehead atoms. The first-order valence-corrected chi connectivity index (χ1v) is 10.2. The second-order valence-corrected chi connectivity index (χ2v) is 7.46. The molecular formula is C23H29ClN2O3. The number of carbonyl (C=O) groups excluding carboxylic acids is 2. The second kappa shape index (κ2) is 10.9. The standard InChI is InChI=1S/C23H29ClN2O3/c1-5-20(23(28)25-6-2)26(14-18-8-10-19(24)11-9-18)22(27)15-29-21-12-7-16(3)13-17(21)4/h7-13,20H,5-6,14-15H2,1-4H3,(H,25,28)/t20-/m1/s1. The van der Waals surface area contributed by atoms with Crippen molar-refractivity contribution < 1.29 is 14.3 Å². The molecular weight excluding hydrogens is 388 g/mol. The highest BCUT2D eigenvalue weighted by atomic mass is 35.5. The van der Waals surface area contributed by atoms with Crippen LogP contribution in [0.1, 0.15) is 37.0 Å². The fourth-order valence-corrected chi connectivity index (χ4v) is 3.31. The molecule has 2 amide bonds. The third kappa shape index (κ3) is 6.50. The topological polar surface area (TPSA) is 58.6 Å². The van der Waals surface area contributed by atoms with Crippen LogP contribution < -0.4 is 10.1 Å². The quantitative estimate of drug-likeness (QED) is 0.663. The summed E-state index contributed by atoms with van der Waals surface area (Å²) in [6.07, 6.45) is 0.509. The van der Waals surface area contributed by atoms with E-state index in [1.807, 2.05) is 58.0 Å². The summed E-state index contributed by atoms with van der Waals surface area (Å²) in [6.45, 7) is 8.40. The Morgan fingerprint density at radius 3 is 2.38 bits per heavy atom. The number of rotatable bonds is 9. The van der Waals surface area contributed by atoms with Crippen LogP contribution in [-0.2, 0) is 16.1 Å².